The summed E-state index contributed by atoms with van der Waals surface area (Å²) in [6, 6.07) is 9.96. The summed E-state index contributed by atoms with van der Waals surface area (Å²) in [5.74, 6) is 0.593. The molecule has 23 heavy (non-hydrogen) atoms. The molecule has 6 heteroatoms. The Kier molecular flexibility index (Phi) is 4.11. The lowest BCUT2D eigenvalue weighted by molar-refractivity contribution is 0.306. The summed E-state index contributed by atoms with van der Waals surface area (Å²) in [4.78, 5) is 1.83. The quantitative estimate of drug-likeness (QED) is 0.943. The molecule has 2 aromatic rings. The van der Waals surface area contributed by atoms with Gasteiger partial charge in [-0.25, -0.2) is 4.39 Å². The SMILES string of the molecule is CN(c1ccc(-c2ccc(C#N)cc2O)nn1)[C@@H]1CCC[C@@H]1F. The summed E-state index contributed by atoms with van der Waals surface area (Å²) >= 11 is 0. The van der Waals surface area contributed by atoms with E-state index >= 15 is 0 Å². The highest BCUT2D eigenvalue weighted by atomic mass is 19.1. The van der Waals surface area contributed by atoms with E-state index in [2.05, 4.69) is 10.2 Å². The Morgan fingerprint density at radius 1 is 1.26 bits per heavy atom. The van der Waals surface area contributed by atoms with Crippen LogP contribution in [-0.2, 0) is 0 Å². The van der Waals surface area contributed by atoms with Gasteiger partial charge in [-0.15, -0.1) is 10.2 Å². The lowest BCUT2D eigenvalue weighted by atomic mass is 10.1. The highest BCUT2D eigenvalue weighted by Gasteiger charge is 2.31. The molecule has 1 aromatic heterocycles. The number of alkyl halides is 1. The maximum Gasteiger partial charge on any atom is 0.151 e. The average Bonchev–Trinajstić information content (AvgIpc) is 3.00. The molecule has 1 N–H and O–H groups in total. The van der Waals surface area contributed by atoms with Crippen molar-refractivity contribution in [3.05, 3.63) is 35.9 Å². The van der Waals surface area contributed by atoms with Gasteiger partial charge in [-0.2, -0.15) is 5.26 Å². The number of phenolic OH excluding ortho intramolecular Hbond substituents is 1. The Labute approximate surface area is 134 Å². The molecule has 2 atom stereocenters. The van der Waals surface area contributed by atoms with Gasteiger partial charge in [0.1, 0.15) is 11.9 Å². The second-order valence-electron chi connectivity index (χ2n) is 5.75. The van der Waals surface area contributed by atoms with Crippen molar-refractivity contribution < 1.29 is 9.50 Å². The van der Waals surface area contributed by atoms with Gasteiger partial charge < -0.3 is 10.0 Å². The van der Waals surface area contributed by atoms with E-state index in [1.54, 1.807) is 24.3 Å². The fraction of sp³-hybridized carbons (Fsp3) is 0.353. The molecule has 1 saturated carbocycles. The van der Waals surface area contributed by atoms with E-state index in [1.807, 2.05) is 18.0 Å². The summed E-state index contributed by atoms with van der Waals surface area (Å²) in [6.07, 6.45) is 1.47. The van der Waals surface area contributed by atoms with Crippen LogP contribution in [0, 0.1) is 11.3 Å². The number of benzene rings is 1. The number of nitrogens with zero attached hydrogens (tertiary/aromatic N) is 4. The van der Waals surface area contributed by atoms with Crippen molar-refractivity contribution in [3.63, 3.8) is 0 Å². The monoisotopic (exact) mass is 312 g/mol. The molecule has 5 nitrogen and oxygen atoms in total. The van der Waals surface area contributed by atoms with Gasteiger partial charge in [-0.3, -0.25) is 0 Å². The molecule has 0 aliphatic heterocycles. The van der Waals surface area contributed by atoms with Gasteiger partial charge >= 0.3 is 0 Å². The molecule has 0 saturated heterocycles. The number of halogens is 1. The fourth-order valence-electron chi connectivity index (χ4n) is 2.98. The third kappa shape index (κ3) is 2.95. The molecule has 118 valence electrons. The second-order valence-corrected chi connectivity index (χ2v) is 5.75. The first-order chi connectivity index (χ1) is 11.1. The summed E-state index contributed by atoms with van der Waals surface area (Å²) < 4.78 is 13.8. The van der Waals surface area contributed by atoms with Crippen LogP contribution < -0.4 is 4.90 Å². The van der Waals surface area contributed by atoms with Gasteiger partial charge in [0.2, 0.25) is 0 Å². The normalized spacial score (nSPS) is 20.2. The van der Waals surface area contributed by atoms with E-state index in [0.717, 1.165) is 12.8 Å². The molecule has 1 aliphatic carbocycles. The van der Waals surface area contributed by atoms with Crippen LogP contribution in [0.1, 0.15) is 24.8 Å². The number of hydrogen-bond donors (Lipinski definition) is 1. The molecule has 0 bridgehead atoms. The molecular weight excluding hydrogens is 295 g/mol. The number of hydrogen-bond acceptors (Lipinski definition) is 5. The molecule has 0 spiro atoms. The highest BCUT2D eigenvalue weighted by Crippen LogP contribution is 2.31. The number of phenols is 1. The zero-order valence-corrected chi connectivity index (χ0v) is 12.8. The van der Waals surface area contributed by atoms with Crippen LogP contribution in [0.3, 0.4) is 0 Å². The van der Waals surface area contributed by atoms with Crippen molar-refractivity contribution >= 4 is 5.82 Å². The van der Waals surface area contributed by atoms with Gasteiger partial charge in [0.05, 0.1) is 23.4 Å². The summed E-state index contributed by atoms with van der Waals surface area (Å²) in [7, 11) is 1.82. The predicted octanol–water partition coefficient (Wildman–Crippen LogP) is 3.05. The molecule has 0 unspecified atom stereocenters. The van der Waals surface area contributed by atoms with Crippen molar-refractivity contribution in [1.29, 1.82) is 5.26 Å². The van der Waals surface area contributed by atoms with Crippen molar-refractivity contribution in [2.24, 2.45) is 0 Å². The Morgan fingerprint density at radius 2 is 2.09 bits per heavy atom. The lowest BCUT2D eigenvalue weighted by Gasteiger charge is -2.26. The van der Waals surface area contributed by atoms with Crippen LogP contribution in [0.15, 0.2) is 30.3 Å². The van der Waals surface area contributed by atoms with E-state index in [9.17, 15) is 9.50 Å². The first-order valence-electron chi connectivity index (χ1n) is 7.54. The van der Waals surface area contributed by atoms with E-state index < -0.39 is 6.17 Å². The molecule has 1 fully saturated rings. The third-order valence-corrected chi connectivity index (χ3v) is 4.31. The number of aromatic nitrogens is 2. The van der Waals surface area contributed by atoms with E-state index in [4.69, 9.17) is 5.26 Å². The average molecular weight is 312 g/mol. The van der Waals surface area contributed by atoms with Gasteiger partial charge in [-0.1, -0.05) is 0 Å². The molecule has 1 heterocycles. The van der Waals surface area contributed by atoms with Crippen molar-refractivity contribution in [2.75, 3.05) is 11.9 Å². The molecule has 3 rings (SSSR count). The van der Waals surface area contributed by atoms with Gasteiger partial charge in [0.15, 0.2) is 5.82 Å². The number of anilines is 1. The van der Waals surface area contributed by atoms with Crippen LogP contribution in [-0.4, -0.2) is 34.6 Å². The van der Waals surface area contributed by atoms with Gasteiger partial charge in [-0.05, 0) is 49.6 Å². The predicted molar refractivity (Wildman–Crippen MR) is 84.8 cm³/mol. The summed E-state index contributed by atoms with van der Waals surface area (Å²) in [5, 5.41) is 27.1. The van der Waals surface area contributed by atoms with E-state index in [0.29, 0.717) is 29.1 Å². The Balaban J connectivity index is 1.83. The van der Waals surface area contributed by atoms with Crippen molar-refractivity contribution in [2.45, 2.75) is 31.5 Å². The molecular formula is C17H17FN4O. The zero-order chi connectivity index (χ0) is 16.4. The van der Waals surface area contributed by atoms with E-state index in [1.165, 1.54) is 6.07 Å². The molecule has 1 aliphatic rings. The second kappa shape index (κ2) is 6.21. The minimum absolute atomic E-state index is 0.0148. The van der Waals surface area contributed by atoms with E-state index in [-0.39, 0.29) is 11.8 Å². The minimum atomic E-state index is -0.830. The van der Waals surface area contributed by atoms with Crippen LogP contribution in [0.5, 0.6) is 5.75 Å². The lowest BCUT2D eigenvalue weighted by Crippen LogP contribution is -2.36. The minimum Gasteiger partial charge on any atom is -0.507 e. The molecule has 0 radical (unpaired) electrons. The topological polar surface area (TPSA) is 73.0 Å². The zero-order valence-electron chi connectivity index (χ0n) is 12.8. The van der Waals surface area contributed by atoms with Crippen LogP contribution in [0.2, 0.25) is 0 Å². The Bertz CT molecular complexity index is 741. The molecule has 0 amide bonds. The van der Waals surface area contributed by atoms with Crippen LogP contribution in [0.4, 0.5) is 10.2 Å². The number of rotatable bonds is 3. The molecule has 1 aromatic carbocycles. The van der Waals surface area contributed by atoms with Crippen LogP contribution >= 0.6 is 0 Å². The number of aromatic hydroxyl groups is 1. The summed E-state index contributed by atoms with van der Waals surface area (Å²) in [5.41, 5.74) is 1.40. The van der Waals surface area contributed by atoms with Crippen molar-refractivity contribution in [1.82, 2.24) is 10.2 Å². The highest BCUT2D eigenvalue weighted by molar-refractivity contribution is 5.68. The Morgan fingerprint density at radius 3 is 2.65 bits per heavy atom. The number of nitriles is 1. The van der Waals surface area contributed by atoms with Gasteiger partial charge in [0, 0.05) is 12.6 Å². The van der Waals surface area contributed by atoms with Gasteiger partial charge in [0.25, 0.3) is 0 Å². The first-order valence-corrected chi connectivity index (χ1v) is 7.54. The first kappa shape index (κ1) is 15.2. The maximum atomic E-state index is 13.8. The summed E-state index contributed by atoms with van der Waals surface area (Å²) in [6.45, 7) is 0. The standard InChI is InChI=1S/C17H17FN4O/c1-22(15-4-2-3-13(15)18)17-8-7-14(20-21-17)12-6-5-11(10-19)9-16(12)23/h5-9,13,15,23H,2-4H2,1H3/t13-,15+/m0/s1. The fourth-order valence-corrected chi connectivity index (χ4v) is 2.98. The largest absolute Gasteiger partial charge is 0.507 e. The Hall–Kier alpha value is -2.68. The third-order valence-electron chi connectivity index (χ3n) is 4.31. The maximum absolute atomic E-state index is 13.8. The smallest absolute Gasteiger partial charge is 0.151 e. The van der Waals surface area contributed by atoms with Crippen LogP contribution in [0.25, 0.3) is 11.3 Å². The van der Waals surface area contributed by atoms with Crippen molar-refractivity contribution in [3.8, 4) is 23.1 Å².